The number of hydrogen-bond donors (Lipinski definition) is 1. The van der Waals surface area contributed by atoms with Crippen LogP contribution < -0.4 is 4.74 Å². The van der Waals surface area contributed by atoms with Gasteiger partial charge < -0.3 is 14.6 Å². The summed E-state index contributed by atoms with van der Waals surface area (Å²) in [5, 5.41) is 1.34. The van der Waals surface area contributed by atoms with Crippen LogP contribution in [0.1, 0.15) is 30.5 Å². The summed E-state index contributed by atoms with van der Waals surface area (Å²) in [6, 6.07) is 14.8. The lowest BCUT2D eigenvalue weighted by Gasteiger charge is -2.40. The second-order valence-electron chi connectivity index (χ2n) is 8.96. The van der Waals surface area contributed by atoms with Crippen LogP contribution >= 0.6 is 0 Å². The molecular weight excluding hydrogens is 410 g/mol. The van der Waals surface area contributed by atoms with Crippen molar-refractivity contribution in [3.8, 4) is 5.75 Å². The molecule has 2 heterocycles. The fourth-order valence-electron chi connectivity index (χ4n) is 5.12. The predicted octanol–water partition coefficient (Wildman–Crippen LogP) is 4.91. The molecule has 0 bridgehead atoms. The van der Waals surface area contributed by atoms with E-state index in [1.807, 2.05) is 36.1 Å². The minimum Gasteiger partial charge on any atom is -0.497 e. The first-order valence-corrected chi connectivity index (χ1v) is 11.9. The normalized spacial score (nSPS) is 19.2. The highest BCUT2D eigenvalue weighted by Crippen LogP contribution is 2.40. The van der Waals surface area contributed by atoms with Gasteiger partial charge in [-0.2, -0.15) is 0 Å². The quantitative estimate of drug-likeness (QED) is 0.621. The van der Waals surface area contributed by atoms with Gasteiger partial charge in [-0.3, -0.25) is 9.69 Å². The number of nitrogens with zero attached hydrogens (tertiary/aromatic N) is 2. The van der Waals surface area contributed by atoms with Crippen molar-refractivity contribution < 1.29 is 9.53 Å². The molecule has 0 spiro atoms. The zero-order valence-electron chi connectivity index (χ0n) is 20.4. The molecule has 1 aliphatic heterocycles. The molecule has 5 heteroatoms. The van der Waals surface area contributed by atoms with Gasteiger partial charge in [0.25, 0.3) is 0 Å². The zero-order valence-corrected chi connectivity index (χ0v) is 20.4. The number of methoxy groups -OCH3 is 1. The SMILES string of the molecule is CCN(CC)C(=O)[C@@H]1C=C2c3cccc4[nH]cc(c34)C[C@H]2N(C)C1.COc1cccc(C)c1. The molecule has 0 radical (unpaired) electrons. The first kappa shape index (κ1) is 23.1. The number of ether oxygens (including phenoxy) is 1. The van der Waals surface area contributed by atoms with E-state index >= 15 is 0 Å². The third-order valence-electron chi connectivity index (χ3n) is 6.89. The van der Waals surface area contributed by atoms with Crippen molar-refractivity contribution in [3.63, 3.8) is 0 Å². The second kappa shape index (κ2) is 9.84. The Morgan fingerprint density at radius 1 is 1.18 bits per heavy atom. The van der Waals surface area contributed by atoms with E-state index in [4.69, 9.17) is 4.74 Å². The maximum Gasteiger partial charge on any atom is 0.230 e. The number of likely N-dealkylation sites (N-methyl/N-ethyl adjacent to an activating group) is 1. The van der Waals surface area contributed by atoms with Crippen LogP contribution in [0.2, 0.25) is 0 Å². The molecule has 2 aromatic carbocycles. The molecule has 3 aromatic rings. The van der Waals surface area contributed by atoms with Gasteiger partial charge in [-0.15, -0.1) is 0 Å². The van der Waals surface area contributed by atoms with Gasteiger partial charge in [-0.1, -0.05) is 30.3 Å². The monoisotopic (exact) mass is 445 g/mol. The Morgan fingerprint density at radius 3 is 2.61 bits per heavy atom. The number of aromatic nitrogens is 1. The average Bonchev–Trinajstić information content (AvgIpc) is 3.25. The van der Waals surface area contributed by atoms with Crippen molar-refractivity contribution in [2.45, 2.75) is 33.2 Å². The standard InChI is InChI=1S/C20H25N3O.C8H10O/c1-4-23(5-2)20(24)14-9-16-15-7-6-8-17-19(15)13(11-21-17)10-18(16)22(3)12-14;1-7-4-3-5-8(6-7)9-2/h6-9,11,14,18,21H,4-5,10,12H2,1-3H3;3-6H,1-2H3/t14-,18-;/m1./s1. The van der Waals surface area contributed by atoms with Crippen LogP contribution in [0.25, 0.3) is 16.5 Å². The molecule has 1 amide bonds. The molecule has 0 saturated heterocycles. The third-order valence-corrected chi connectivity index (χ3v) is 6.89. The minimum atomic E-state index is -0.0445. The molecular formula is C28H35N3O2. The summed E-state index contributed by atoms with van der Waals surface area (Å²) in [5.41, 5.74) is 6.44. The van der Waals surface area contributed by atoms with Crippen LogP contribution in [-0.4, -0.2) is 60.5 Å². The van der Waals surface area contributed by atoms with Crippen molar-refractivity contribution in [1.82, 2.24) is 14.8 Å². The predicted molar refractivity (Wildman–Crippen MR) is 136 cm³/mol. The molecule has 5 nitrogen and oxygen atoms in total. The van der Waals surface area contributed by atoms with Gasteiger partial charge in [0, 0.05) is 42.8 Å². The third kappa shape index (κ3) is 4.55. The zero-order chi connectivity index (χ0) is 23.5. The first-order valence-electron chi connectivity index (χ1n) is 11.9. The van der Waals surface area contributed by atoms with Gasteiger partial charge in [0.1, 0.15) is 5.75 Å². The van der Waals surface area contributed by atoms with E-state index in [9.17, 15) is 4.79 Å². The number of fused-ring (bicyclic) bond motifs is 2. The lowest BCUT2D eigenvalue weighted by Crippen LogP contribution is -2.47. The Hall–Kier alpha value is -3.05. The van der Waals surface area contributed by atoms with Crippen molar-refractivity contribution >= 4 is 22.4 Å². The number of nitrogens with one attached hydrogen (secondary N) is 1. The van der Waals surface area contributed by atoms with E-state index in [0.717, 1.165) is 31.8 Å². The summed E-state index contributed by atoms with van der Waals surface area (Å²) in [7, 11) is 3.83. The smallest absolute Gasteiger partial charge is 0.230 e. The molecule has 5 rings (SSSR count). The number of rotatable bonds is 4. The summed E-state index contributed by atoms with van der Waals surface area (Å²) >= 11 is 0. The lowest BCUT2D eigenvalue weighted by atomic mass is 9.79. The molecule has 0 saturated carbocycles. The first-order chi connectivity index (χ1) is 16.0. The van der Waals surface area contributed by atoms with Crippen molar-refractivity contribution in [1.29, 1.82) is 0 Å². The molecule has 0 fully saturated rings. The molecule has 33 heavy (non-hydrogen) atoms. The maximum absolute atomic E-state index is 12.9. The summed E-state index contributed by atoms with van der Waals surface area (Å²) in [6.07, 6.45) is 5.41. The van der Waals surface area contributed by atoms with Gasteiger partial charge in [-0.25, -0.2) is 0 Å². The largest absolute Gasteiger partial charge is 0.497 e. The fourth-order valence-corrected chi connectivity index (χ4v) is 5.12. The Labute approximate surface area is 197 Å². The van der Waals surface area contributed by atoms with E-state index in [1.165, 1.54) is 33.2 Å². The van der Waals surface area contributed by atoms with Crippen LogP contribution in [0.3, 0.4) is 0 Å². The van der Waals surface area contributed by atoms with Crippen LogP contribution in [0, 0.1) is 12.8 Å². The number of carbonyl (C=O) groups is 1. The highest BCUT2D eigenvalue weighted by molar-refractivity contribution is 5.99. The molecule has 2 atom stereocenters. The van der Waals surface area contributed by atoms with E-state index in [2.05, 4.69) is 61.3 Å². The minimum absolute atomic E-state index is 0.0445. The number of amides is 1. The summed E-state index contributed by atoms with van der Waals surface area (Å²) in [5.74, 6) is 1.14. The van der Waals surface area contributed by atoms with Crippen LogP contribution in [0.5, 0.6) is 5.75 Å². The molecule has 1 aliphatic carbocycles. The lowest BCUT2D eigenvalue weighted by molar-refractivity contribution is -0.134. The second-order valence-corrected chi connectivity index (χ2v) is 8.96. The van der Waals surface area contributed by atoms with Gasteiger partial charge in [0.2, 0.25) is 5.91 Å². The topological polar surface area (TPSA) is 48.6 Å². The number of aryl methyl sites for hydroxylation is 1. The number of benzene rings is 2. The Bertz CT molecular complexity index is 1160. The van der Waals surface area contributed by atoms with E-state index < -0.39 is 0 Å². The van der Waals surface area contributed by atoms with Gasteiger partial charge in [0.05, 0.1) is 13.0 Å². The number of carbonyl (C=O) groups excluding carboxylic acids is 1. The van der Waals surface area contributed by atoms with E-state index in [1.54, 1.807) is 7.11 Å². The van der Waals surface area contributed by atoms with Gasteiger partial charge in [-0.05, 0) is 74.7 Å². The van der Waals surface area contributed by atoms with E-state index in [0.29, 0.717) is 6.04 Å². The Kier molecular flexibility index (Phi) is 6.89. The molecule has 2 aliphatic rings. The summed E-state index contributed by atoms with van der Waals surface area (Å²) < 4.78 is 5.00. The molecule has 0 unspecified atom stereocenters. The summed E-state index contributed by atoms with van der Waals surface area (Å²) in [6.45, 7) is 8.51. The molecule has 1 N–H and O–H groups in total. The Balaban J connectivity index is 0.000000243. The van der Waals surface area contributed by atoms with Gasteiger partial charge in [0.15, 0.2) is 0 Å². The Morgan fingerprint density at radius 2 is 1.94 bits per heavy atom. The summed E-state index contributed by atoms with van der Waals surface area (Å²) in [4.78, 5) is 20.6. The number of aromatic amines is 1. The van der Waals surface area contributed by atoms with Crippen LogP contribution in [0.4, 0.5) is 0 Å². The van der Waals surface area contributed by atoms with Crippen LogP contribution in [-0.2, 0) is 11.2 Å². The van der Waals surface area contributed by atoms with E-state index in [-0.39, 0.29) is 11.8 Å². The highest BCUT2D eigenvalue weighted by atomic mass is 16.5. The van der Waals surface area contributed by atoms with Crippen molar-refractivity contribution in [2.75, 3.05) is 33.8 Å². The fraction of sp³-hybridized carbons (Fsp3) is 0.393. The molecule has 174 valence electrons. The number of hydrogen-bond acceptors (Lipinski definition) is 3. The van der Waals surface area contributed by atoms with Gasteiger partial charge >= 0.3 is 0 Å². The highest BCUT2D eigenvalue weighted by Gasteiger charge is 2.36. The number of H-pyrrole nitrogens is 1. The maximum atomic E-state index is 12.9. The van der Waals surface area contributed by atoms with Crippen molar-refractivity contribution in [3.05, 3.63) is 71.4 Å². The van der Waals surface area contributed by atoms with Crippen molar-refractivity contribution in [2.24, 2.45) is 5.92 Å². The molecule has 1 aromatic heterocycles. The average molecular weight is 446 g/mol. The van der Waals surface area contributed by atoms with Crippen LogP contribution in [0.15, 0.2) is 54.7 Å².